The fourth-order valence-corrected chi connectivity index (χ4v) is 2.62. The van der Waals surface area contributed by atoms with E-state index in [4.69, 9.17) is 27.5 Å². The number of aliphatic hydroxyl groups is 2. The van der Waals surface area contributed by atoms with E-state index in [2.05, 4.69) is 0 Å². The first-order valence-electron chi connectivity index (χ1n) is 6.75. The Morgan fingerprint density at radius 1 is 1.24 bits per heavy atom. The predicted molar refractivity (Wildman–Crippen MR) is 86.7 cm³/mol. The second-order valence-corrected chi connectivity index (χ2v) is 5.30. The van der Waals surface area contributed by atoms with Gasteiger partial charge in [-0.1, -0.05) is 11.6 Å². The number of halogens is 1. The van der Waals surface area contributed by atoms with E-state index in [0.717, 1.165) is 16.8 Å². The number of aromatic nitrogens is 1. The van der Waals surface area contributed by atoms with E-state index in [0.29, 0.717) is 23.8 Å². The van der Waals surface area contributed by atoms with Crippen molar-refractivity contribution in [1.82, 2.24) is 4.57 Å². The Balaban J connectivity index is 2.46. The maximum absolute atomic E-state index is 9.17. The van der Waals surface area contributed by atoms with Gasteiger partial charge in [0, 0.05) is 49.3 Å². The van der Waals surface area contributed by atoms with E-state index >= 15 is 0 Å². The molecule has 1 aromatic heterocycles. The second-order valence-electron chi connectivity index (χ2n) is 4.89. The van der Waals surface area contributed by atoms with Gasteiger partial charge in [-0.2, -0.15) is 0 Å². The van der Waals surface area contributed by atoms with Crippen LogP contribution in [0.1, 0.15) is 0 Å². The molecule has 2 rings (SSSR count). The molecule has 0 aliphatic heterocycles. The molecule has 1 aromatic carbocycles. The van der Waals surface area contributed by atoms with Crippen LogP contribution < -0.4 is 10.6 Å². The Kier molecular flexibility index (Phi) is 5.12. The number of aliphatic hydroxyl groups excluding tert-OH is 2. The average molecular weight is 310 g/mol. The maximum atomic E-state index is 9.17. The molecule has 0 atom stereocenters. The zero-order valence-corrected chi connectivity index (χ0v) is 12.7. The Labute approximate surface area is 129 Å². The molecular weight excluding hydrogens is 290 g/mol. The summed E-state index contributed by atoms with van der Waals surface area (Å²) in [5, 5.41) is 18.8. The SMILES string of the molecule is Cn1ccc(-c2cc(N(CCO)CCO)c(Cl)cc2N)c1. The van der Waals surface area contributed by atoms with Gasteiger partial charge in [0.25, 0.3) is 0 Å². The van der Waals surface area contributed by atoms with Crippen molar-refractivity contribution in [3.8, 4) is 11.1 Å². The molecule has 0 aliphatic carbocycles. The lowest BCUT2D eigenvalue weighted by molar-refractivity contribution is 0.281. The highest BCUT2D eigenvalue weighted by Crippen LogP contribution is 2.36. The third kappa shape index (κ3) is 3.50. The quantitative estimate of drug-likeness (QED) is 0.710. The molecule has 1 heterocycles. The molecule has 0 aliphatic rings. The zero-order valence-electron chi connectivity index (χ0n) is 12.0. The standard InChI is InChI=1S/C15H20ClN3O2/c1-18-3-2-11(10-18)12-8-15(13(16)9-14(12)17)19(4-6-20)5-7-21/h2-3,8-10,20-21H,4-7,17H2,1H3. The van der Waals surface area contributed by atoms with Crippen LogP contribution in [0.25, 0.3) is 11.1 Å². The maximum Gasteiger partial charge on any atom is 0.0660 e. The van der Waals surface area contributed by atoms with Crippen molar-refractivity contribution in [3.05, 3.63) is 35.6 Å². The molecule has 21 heavy (non-hydrogen) atoms. The van der Waals surface area contributed by atoms with Crippen molar-refractivity contribution in [3.63, 3.8) is 0 Å². The second kappa shape index (κ2) is 6.85. The summed E-state index contributed by atoms with van der Waals surface area (Å²) < 4.78 is 1.95. The average Bonchev–Trinajstić information content (AvgIpc) is 2.85. The highest BCUT2D eigenvalue weighted by atomic mass is 35.5. The van der Waals surface area contributed by atoms with Crippen molar-refractivity contribution in [1.29, 1.82) is 0 Å². The van der Waals surface area contributed by atoms with Crippen LogP contribution in [0.2, 0.25) is 5.02 Å². The first-order chi connectivity index (χ1) is 10.1. The van der Waals surface area contributed by atoms with Gasteiger partial charge in [-0.3, -0.25) is 0 Å². The third-order valence-corrected chi connectivity index (χ3v) is 3.65. The van der Waals surface area contributed by atoms with Crippen LogP contribution in [0.3, 0.4) is 0 Å². The van der Waals surface area contributed by atoms with Gasteiger partial charge in [0.15, 0.2) is 0 Å². The van der Waals surface area contributed by atoms with Crippen molar-refractivity contribution in [2.45, 2.75) is 0 Å². The first kappa shape index (κ1) is 15.7. The number of nitrogens with two attached hydrogens (primary N) is 1. The number of nitrogen functional groups attached to an aromatic ring is 1. The molecule has 114 valence electrons. The monoisotopic (exact) mass is 309 g/mol. The minimum atomic E-state index is -0.0125. The highest BCUT2D eigenvalue weighted by Gasteiger charge is 2.14. The van der Waals surface area contributed by atoms with Crippen LogP contribution in [0.4, 0.5) is 11.4 Å². The van der Waals surface area contributed by atoms with E-state index in [9.17, 15) is 0 Å². The molecule has 5 nitrogen and oxygen atoms in total. The van der Waals surface area contributed by atoms with Crippen molar-refractivity contribution in [2.24, 2.45) is 7.05 Å². The van der Waals surface area contributed by atoms with Crippen LogP contribution in [-0.4, -0.2) is 41.1 Å². The van der Waals surface area contributed by atoms with E-state index < -0.39 is 0 Å². The number of rotatable bonds is 6. The van der Waals surface area contributed by atoms with Gasteiger partial charge in [0.1, 0.15) is 0 Å². The largest absolute Gasteiger partial charge is 0.398 e. The minimum Gasteiger partial charge on any atom is -0.398 e. The van der Waals surface area contributed by atoms with Crippen LogP contribution >= 0.6 is 11.6 Å². The molecular formula is C15H20ClN3O2. The molecule has 0 saturated heterocycles. The van der Waals surface area contributed by atoms with Crippen LogP contribution in [-0.2, 0) is 7.05 Å². The molecule has 2 aromatic rings. The predicted octanol–water partition coefficient (Wildman–Crippen LogP) is 1.72. The van der Waals surface area contributed by atoms with Crippen LogP contribution in [0.15, 0.2) is 30.6 Å². The minimum absolute atomic E-state index is 0.0125. The lowest BCUT2D eigenvalue weighted by Gasteiger charge is -2.25. The summed E-state index contributed by atoms with van der Waals surface area (Å²) in [6.45, 7) is 0.777. The summed E-state index contributed by atoms with van der Waals surface area (Å²) in [4.78, 5) is 1.84. The molecule has 0 saturated carbocycles. The van der Waals surface area contributed by atoms with Crippen molar-refractivity contribution < 1.29 is 10.2 Å². The molecule has 0 radical (unpaired) electrons. The Morgan fingerprint density at radius 2 is 1.90 bits per heavy atom. The molecule has 0 unspecified atom stereocenters. The number of nitrogens with zero attached hydrogens (tertiary/aromatic N) is 2. The Morgan fingerprint density at radius 3 is 2.43 bits per heavy atom. The van der Waals surface area contributed by atoms with Gasteiger partial charge >= 0.3 is 0 Å². The summed E-state index contributed by atoms with van der Waals surface area (Å²) >= 11 is 6.27. The number of hydrogen-bond acceptors (Lipinski definition) is 4. The Hall–Kier alpha value is -1.69. The number of benzene rings is 1. The van der Waals surface area contributed by atoms with E-state index in [1.165, 1.54) is 0 Å². The van der Waals surface area contributed by atoms with E-state index in [-0.39, 0.29) is 13.2 Å². The zero-order chi connectivity index (χ0) is 15.4. The molecule has 0 spiro atoms. The van der Waals surface area contributed by atoms with Crippen molar-refractivity contribution >= 4 is 23.0 Å². The number of aryl methyl sites for hydroxylation is 1. The lowest BCUT2D eigenvalue weighted by Crippen LogP contribution is -2.30. The number of anilines is 2. The molecule has 0 bridgehead atoms. The fraction of sp³-hybridized carbons (Fsp3) is 0.333. The fourth-order valence-electron chi connectivity index (χ4n) is 2.33. The van der Waals surface area contributed by atoms with Gasteiger partial charge in [0.2, 0.25) is 0 Å². The van der Waals surface area contributed by atoms with Crippen LogP contribution in [0.5, 0.6) is 0 Å². The molecule has 0 fully saturated rings. The van der Waals surface area contributed by atoms with E-state index in [1.807, 2.05) is 41.0 Å². The first-order valence-corrected chi connectivity index (χ1v) is 7.12. The topological polar surface area (TPSA) is 74.6 Å². The van der Waals surface area contributed by atoms with Gasteiger partial charge in [0.05, 0.1) is 23.9 Å². The van der Waals surface area contributed by atoms with Gasteiger partial charge in [-0.05, 0) is 18.2 Å². The summed E-state index contributed by atoms with van der Waals surface area (Å²) in [6, 6.07) is 5.59. The van der Waals surface area contributed by atoms with Crippen LogP contribution in [0, 0.1) is 0 Å². The van der Waals surface area contributed by atoms with Crippen molar-refractivity contribution in [2.75, 3.05) is 36.9 Å². The lowest BCUT2D eigenvalue weighted by atomic mass is 10.1. The van der Waals surface area contributed by atoms with Gasteiger partial charge in [-0.25, -0.2) is 0 Å². The van der Waals surface area contributed by atoms with E-state index in [1.54, 1.807) is 6.07 Å². The third-order valence-electron chi connectivity index (χ3n) is 3.34. The molecule has 6 heteroatoms. The number of hydrogen-bond donors (Lipinski definition) is 3. The smallest absolute Gasteiger partial charge is 0.0660 e. The van der Waals surface area contributed by atoms with Gasteiger partial charge < -0.3 is 25.4 Å². The summed E-state index contributed by atoms with van der Waals surface area (Å²) in [5.41, 5.74) is 9.31. The Bertz CT molecular complexity index is 607. The van der Waals surface area contributed by atoms with Gasteiger partial charge in [-0.15, -0.1) is 0 Å². The summed E-state index contributed by atoms with van der Waals surface area (Å²) in [7, 11) is 1.94. The molecule has 4 N–H and O–H groups in total. The highest BCUT2D eigenvalue weighted by molar-refractivity contribution is 6.33. The normalized spacial score (nSPS) is 10.9. The summed E-state index contributed by atoms with van der Waals surface area (Å²) in [5.74, 6) is 0. The molecule has 0 amide bonds. The summed E-state index contributed by atoms with van der Waals surface area (Å²) in [6.07, 6.45) is 3.92.